The normalized spacial score (nSPS) is 11.5. The van der Waals surface area contributed by atoms with Crippen molar-refractivity contribution in [2.75, 3.05) is 18.0 Å². The molecule has 3 rings (SSSR count). The highest BCUT2D eigenvalue weighted by atomic mass is 19.1. The average Bonchev–Trinajstić information content (AvgIpc) is 2.77. The Bertz CT molecular complexity index is 1010. The standard InChI is InChI=1S/C25H24FN3O/c1-19-12-14-21(15-13-19)25(20-8-3-2-4-9-20)28-18-24(30)29(17-7-16-27)23-11-6-5-10-22(23)26/h2-6,8-15,25,28H,7,17-18H2,1H3/t25-/m1/s1. The Morgan fingerprint density at radius 3 is 2.30 bits per heavy atom. The Morgan fingerprint density at radius 1 is 1.00 bits per heavy atom. The van der Waals surface area contributed by atoms with Crippen molar-refractivity contribution in [3.63, 3.8) is 0 Å². The molecule has 0 aliphatic rings. The van der Waals surface area contributed by atoms with Gasteiger partial charge < -0.3 is 4.90 Å². The number of anilines is 1. The largest absolute Gasteiger partial charge is 0.308 e. The molecule has 0 aromatic heterocycles. The summed E-state index contributed by atoms with van der Waals surface area (Å²) in [6, 6.07) is 26.0. The molecule has 0 radical (unpaired) electrons. The van der Waals surface area contributed by atoms with Gasteiger partial charge in [0.25, 0.3) is 0 Å². The summed E-state index contributed by atoms with van der Waals surface area (Å²) in [5, 5.41) is 12.3. The fourth-order valence-corrected chi connectivity index (χ4v) is 3.33. The van der Waals surface area contributed by atoms with Gasteiger partial charge in [-0.2, -0.15) is 5.26 Å². The minimum Gasteiger partial charge on any atom is -0.308 e. The van der Waals surface area contributed by atoms with Crippen LogP contribution in [-0.4, -0.2) is 19.0 Å². The van der Waals surface area contributed by atoms with Crippen LogP contribution in [0.15, 0.2) is 78.9 Å². The number of aryl methyl sites for hydroxylation is 1. The Hall–Kier alpha value is -3.49. The monoisotopic (exact) mass is 401 g/mol. The lowest BCUT2D eigenvalue weighted by Gasteiger charge is -2.25. The SMILES string of the molecule is Cc1ccc([C@H](NCC(=O)N(CCC#N)c2ccccc2F)c2ccccc2)cc1. The highest BCUT2D eigenvalue weighted by Crippen LogP contribution is 2.23. The van der Waals surface area contributed by atoms with Crippen LogP contribution in [0.3, 0.4) is 0 Å². The maximum atomic E-state index is 14.3. The molecule has 0 aliphatic carbocycles. The molecule has 0 aliphatic heterocycles. The van der Waals surface area contributed by atoms with E-state index in [9.17, 15) is 9.18 Å². The van der Waals surface area contributed by atoms with E-state index in [2.05, 4.69) is 5.32 Å². The molecular weight excluding hydrogens is 377 g/mol. The van der Waals surface area contributed by atoms with Crippen LogP contribution in [0.5, 0.6) is 0 Å². The zero-order chi connectivity index (χ0) is 21.3. The van der Waals surface area contributed by atoms with E-state index in [0.717, 1.165) is 16.7 Å². The molecular formula is C25H24FN3O. The molecule has 1 atom stereocenters. The Labute approximate surface area is 176 Å². The first-order valence-electron chi connectivity index (χ1n) is 9.87. The number of benzene rings is 3. The van der Waals surface area contributed by atoms with Crippen molar-refractivity contribution in [2.45, 2.75) is 19.4 Å². The number of nitriles is 1. The molecule has 1 N–H and O–H groups in total. The van der Waals surface area contributed by atoms with E-state index in [4.69, 9.17) is 5.26 Å². The number of halogens is 1. The fourth-order valence-electron chi connectivity index (χ4n) is 3.33. The number of hydrogen-bond donors (Lipinski definition) is 1. The first kappa shape index (κ1) is 21.2. The van der Waals surface area contributed by atoms with Crippen LogP contribution >= 0.6 is 0 Å². The van der Waals surface area contributed by atoms with Gasteiger partial charge in [0.15, 0.2) is 0 Å². The number of hydrogen-bond acceptors (Lipinski definition) is 3. The van der Waals surface area contributed by atoms with E-state index in [-0.39, 0.29) is 37.1 Å². The zero-order valence-corrected chi connectivity index (χ0v) is 16.9. The van der Waals surface area contributed by atoms with Gasteiger partial charge in [-0.1, -0.05) is 72.3 Å². The molecule has 0 heterocycles. The Balaban J connectivity index is 1.82. The second kappa shape index (κ2) is 10.3. The summed E-state index contributed by atoms with van der Waals surface area (Å²) in [7, 11) is 0. The minimum absolute atomic E-state index is 0.00714. The second-order valence-electron chi connectivity index (χ2n) is 7.04. The smallest absolute Gasteiger partial charge is 0.241 e. The summed E-state index contributed by atoms with van der Waals surface area (Å²) in [5.74, 6) is -0.773. The van der Waals surface area contributed by atoms with Gasteiger partial charge in [-0.05, 0) is 30.2 Å². The fraction of sp³-hybridized carbons (Fsp3) is 0.200. The number of nitrogens with one attached hydrogen (secondary N) is 1. The number of carbonyl (C=O) groups is 1. The zero-order valence-electron chi connectivity index (χ0n) is 16.9. The Morgan fingerprint density at radius 2 is 1.63 bits per heavy atom. The number of carbonyl (C=O) groups excluding carboxylic acids is 1. The van der Waals surface area contributed by atoms with Gasteiger partial charge in [-0.15, -0.1) is 0 Å². The molecule has 0 saturated heterocycles. The lowest BCUT2D eigenvalue weighted by atomic mass is 9.98. The summed E-state index contributed by atoms with van der Waals surface area (Å²) in [5.41, 5.74) is 3.41. The molecule has 0 saturated carbocycles. The van der Waals surface area contributed by atoms with Crippen molar-refractivity contribution in [3.8, 4) is 6.07 Å². The molecule has 0 spiro atoms. The van der Waals surface area contributed by atoms with Crippen molar-refractivity contribution >= 4 is 11.6 Å². The molecule has 3 aromatic rings. The molecule has 152 valence electrons. The summed E-state index contributed by atoms with van der Waals surface area (Å²) in [6.07, 6.45) is 0.125. The molecule has 1 amide bonds. The van der Waals surface area contributed by atoms with Gasteiger partial charge in [0.2, 0.25) is 5.91 Å². The van der Waals surface area contributed by atoms with Crippen molar-refractivity contribution in [3.05, 3.63) is 101 Å². The predicted molar refractivity (Wildman–Crippen MR) is 116 cm³/mol. The van der Waals surface area contributed by atoms with Crippen molar-refractivity contribution in [2.24, 2.45) is 0 Å². The topological polar surface area (TPSA) is 56.1 Å². The van der Waals surface area contributed by atoms with E-state index < -0.39 is 5.82 Å². The molecule has 3 aromatic carbocycles. The average molecular weight is 401 g/mol. The molecule has 0 fully saturated rings. The van der Waals surface area contributed by atoms with Gasteiger partial charge in [0, 0.05) is 6.54 Å². The molecule has 0 bridgehead atoms. The van der Waals surface area contributed by atoms with Crippen LogP contribution in [0, 0.1) is 24.1 Å². The summed E-state index contributed by atoms with van der Waals surface area (Å²) in [6.45, 7) is 2.17. The van der Waals surface area contributed by atoms with E-state index in [1.165, 1.54) is 11.0 Å². The summed E-state index contributed by atoms with van der Waals surface area (Å²) < 4.78 is 14.3. The van der Waals surface area contributed by atoms with Crippen molar-refractivity contribution < 1.29 is 9.18 Å². The van der Waals surface area contributed by atoms with Gasteiger partial charge >= 0.3 is 0 Å². The molecule has 5 heteroatoms. The first-order chi connectivity index (χ1) is 14.6. The van der Waals surface area contributed by atoms with Crippen LogP contribution in [0.1, 0.15) is 29.2 Å². The maximum absolute atomic E-state index is 14.3. The number of rotatable bonds is 8. The van der Waals surface area contributed by atoms with Crippen molar-refractivity contribution in [1.82, 2.24) is 5.32 Å². The maximum Gasteiger partial charge on any atom is 0.241 e. The van der Waals surface area contributed by atoms with Crippen LogP contribution < -0.4 is 10.2 Å². The third-order valence-corrected chi connectivity index (χ3v) is 4.89. The number of amides is 1. The molecule has 4 nitrogen and oxygen atoms in total. The lowest BCUT2D eigenvalue weighted by molar-refractivity contribution is -0.117. The van der Waals surface area contributed by atoms with Crippen LogP contribution in [-0.2, 0) is 4.79 Å². The third-order valence-electron chi connectivity index (χ3n) is 4.89. The summed E-state index contributed by atoms with van der Waals surface area (Å²) in [4.78, 5) is 14.3. The highest BCUT2D eigenvalue weighted by Gasteiger charge is 2.21. The van der Waals surface area contributed by atoms with Crippen LogP contribution in [0.4, 0.5) is 10.1 Å². The van der Waals surface area contributed by atoms with E-state index >= 15 is 0 Å². The molecule has 30 heavy (non-hydrogen) atoms. The second-order valence-corrected chi connectivity index (χ2v) is 7.04. The quantitative estimate of drug-likeness (QED) is 0.592. The van der Waals surface area contributed by atoms with E-state index in [0.29, 0.717) is 0 Å². The van der Waals surface area contributed by atoms with Gasteiger partial charge in [0.1, 0.15) is 5.82 Å². The predicted octanol–water partition coefficient (Wildman–Crippen LogP) is 4.76. The molecule has 0 unspecified atom stereocenters. The lowest BCUT2D eigenvalue weighted by Crippen LogP contribution is -2.40. The van der Waals surface area contributed by atoms with Gasteiger partial charge in [-0.3, -0.25) is 10.1 Å². The number of nitrogens with zero attached hydrogens (tertiary/aromatic N) is 2. The van der Waals surface area contributed by atoms with Crippen LogP contribution in [0.25, 0.3) is 0 Å². The van der Waals surface area contributed by atoms with Crippen LogP contribution in [0.2, 0.25) is 0 Å². The Kier molecular flexibility index (Phi) is 7.31. The van der Waals surface area contributed by atoms with Gasteiger partial charge in [-0.25, -0.2) is 4.39 Å². The highest BCUT2D eigenvalue weighted by molar-refractivity contribution is 5.95. The summed E-state index contributed by atoms with van der Waals surface area (Å²) >= 11 is 0. The van der Waals surface area contributed by atoms with Crippen molar-refractivity contribution in [1.29, 1.82) is 5.26 Å². The minimum atomic E-state index is -0.484. The third kappa shape index (κ3) is 5.31. The van der Waals surface area contributed by atoms with Gasteiger partial charge in [0.05, 0.1) is 30.8 Å². The number of para-hydroxylation sites is 1. The van der Waals surface area contributed by atoms with E-state index in [1.54, 1.807) is 18.2 Å². The van der Waals surface area contributed by atoms with E-state index in [1.807, 2.05) is 67.6 Å². The first-order valence-corrected chi connectivity index (χ1v) is 9.87.